The van der Waals surface area contributed by atoms with E-state index in [4.69, 9.17) is 21.3 Å². The van der Waals surface area contributed by atoms with Gasteiger partial charge in [-0.2, -0.15) is 0 Å². The van der Waals surface area contributed by atoms with E-state index in [0.717, 1.165) is 17.7 Å². The van der Waals surface area contributed by atoms with Crippen LogP contribution in [-0.4, -0.2) is 53.0 Å². The Hall–Kier alpha value is -4.01. The molecule has 2 N–H and O–H groups in total. The second-order valence-electron chi connectivity index (χ2n) is 7.98. The number of nitrogens with one attached hydrogen (secondary N) is 2. The Balaban J connectivity index is 1.64. The highest BCUT2D eigenvalue weighted by molar-refractivity contribution is 6.30. The van der Waals surface area contributed by atoms with Gasteiger partial charge < -0.3 is 20.3 Å². The first-order valence-corrected chi connectivity index (χ1v) is 11.3. The highest BCUT2D eigenvalue weighted by atomic mass is 35.5. The van der Waals surface area contributed by atoms with Crippen LogP contribution >= 0.6 is 11.6 Å². The Morgan fingerprint density at radius 3 is 2.80 bits per heavy atom. The first-order chi connectivity index (χ1) is 16.9. The molecule has 0 radical (unpaired) electrons. The number of carbonyl (C=O) groups excluding carboxylic acids is 1. The third-order valence-electron chi connectivity index (χ3n) is 5.09. The molecule has 4 rings (SSSR count). The van der Waals surface area contributed by atoms with Crippen molar-refractivity contribution >= 4 is 45.9 Å². The average molecular weight is 489 g/mol. The minimum atomic E-state index is -0.334. The summed E-state index contributed by atoms with van der Waals surface area (Å²) in [6.45, 7) is 4.74. The SMILES string of the molecule is C=CC(=O)Nc1cc(Nc2ncc3nccc(-c4cccc(Cl)c4)c3n2)ccc1OCCN(C)C. The molecule has 35 heavy (non-hydrogen) atoms. The summed E-state index contributed by atoms with van der Waals surface area (Å²) in [5.74, 6) is 0.606. The summed E-state index contributed by atoms with van der Waals surface area (Å²) in [6.07, 6.45) is 4.59. The number of hydrogen-bond donors (Lipinski definition) is 2. The molecule has 2 aromatic carbocycles. The van der Waals surface area contributed by atoms with Crippen molar-refractivity contribution < 1.29 is 9.53 Å². The topological polar surface area (TPSA) is 92.3 Å². The average Bonchev–Trinajstić information content (AvgIpc) is 2.84. The fourth-order valence-corrected chi connectivity index (χ4v) is 3.56. The Morgan fingerprint density at radius 1 is 1.17 bits per heavy atom. The molecule has 9 heteroatoms. The zero-order valence-electron chi connectivity index (χ0n) is 19.5. The molecular weight excluding hydrogens is 464 g/mol. The van der Waals surface area contributed by atoms with E-state index in [2.05, 4.69) is 27.2 Å². The van der Waals surface area contributed by atoms with Crippen molar-refractivity contribution in [1.82, 2.24) is 19.9 Å². The van der Waals surface area contributed by atoms with Gasteiger partial charge in [-0.05, 0) is 62.1 Å². The zero-order chi connectivity index (χ0) is 24.8. The summed E-state index contributed by atoms with van der Waals surface area (Å²) < 4.78 is 5.86. The summed E-state index contributed by atoms with van der Waals surface area (Å²) in [5, 5.41) is 6.63. The molecule has 0 aliphatic rings. The number of fused-ring (bicyclic) bond motifs is 1. The van der Waals surface area contributed by atoms with Crippen LogP contribution in [0.3, 0.4) is 0 Å². The maximum absolute atomic E-state index is 12.0. The van der Waals surface area contributed by atoms with E-state index in [-0.39, 0.29) is 5.91 Å². The lowest BCUT2D eigenvalue weighted by Crippen LogP contribution is -2.20. The van der Waals surface area contributed by atoms with E-state index in [9.17, 15) is 4.79 Å². The number of hydrogen-bond acceptors (Lipinski definition) is 7. The monoisotopic (exact) mass is 488 g/mol. The lowest BCUT2D eigenvalue weighted by atomic mass is 10.1. The molecule has 178 valence electrons. The minimum absolute atomic E-state index is 0.334. The third kappa shape index (κ3) is 6.11. The molecule has 0 unspecified atom stereocenters. The smallest absolute Gasteiger partial charge is 0.247 e. The van der Waals surface area contributed by atoms with Gasteiger partial charge in [0, 0.05) is 29.0 Å². The van der Waals surface area contributed by atoms with Gasteiger partial charge in [-0.15, -0.1) is 0 Å². The van der Waals surface area contributed by atoms with Crippen molar-refractivity contribution in [3.05, 3.63) is 78.6 Å². The number of benzene rings is 2. The van der Waals surface area contributed by atoms with Gasteiger partial charge in [-0.1, -0.05) is 30.3 Å². The van der Waals surface area contributed by atoms with Gasteiger partial charge in [0.15, 0.2) is 0 Å². The van der Waals surface area contributed by atoms with E-state index in [1.54, 1.807) is 24.5 Å². The predicted octanol–water partition coefficient (Wildman–Crippen LogP) is 5.15. The quantitative estimate of drug-likeness (QED) is 0.314. The summed E-state index contributed by atoms with van der Waals surface area (Å²) in [6, 6.07) is 14.9. The summed E-state index contributed by atoms with van der Waals surface area (Å²) >= 11 is 6.20. The number of anilines is 3. The highest BCUT2D eigenvalue weighted by Gasteiger charge is 2.12. The van der Waals surface area contributed by atoms with Crippen LogP contribution < -0.4 is 15.4 Å². The molecule has 2 aromatic heterocycles. The molecule has 0 aliphatic heterocycles. The Labute approximate surface area is 208 Å². The van der Waals surface area contributed by atoms with E-state index in [1.807, 2.05) is 55.4 Å². The normalized spacial score (nSPS) is 10.9. The molecule has 2 heterocycles. The number of aromatic nitrogens is 3. The van der Waals surface area contributed by atoms with E-state index < -0.39 is 0 Å². The van der Waals surface area contributed by atoms with E-state index >= 15 is 0 Å². The van der Waals surface area contributed by atoms with Crippen molar-refractivity contribution in [3.63, 3.8) is 0 Å². The second-order valence-corrected chi connectivity index (χ2v) is 8.41. The standard InChI is InChI=1S/C26H25ClN6O2/c1-4-24(34)31-21-15-19(8-9-23(21)35-13-12-33(2)3)30-26-29-16-22-25(32-26)20(10-11-28-22)17-6-5-7-18(27)14-17/h4-11,14-16H,1,12-13H2,2-3H3,(H,31,34)(H,29,30,32). The van der Waals surface area contributed by atoms with Crippen molar-refractivity contribution in [2.75, 3.05) is 37.9 Å². The molecule has 0 saturated heterocycles. The maximum Gasteiger partial charge on any atom is 0.247 e. The lowest BCUT2D eigenvalue weighted by molar-refractivity contribution is -0.111. The fraction of sp³-hybridized carbons (Fsp3) is 0.154. The van der Waals surface area contributed by atoms with Crippen molar-refractivity contribution in [2.45, 2.75) is 0 Å². The fourth-order valence-electron chi connectivity index (χ4n) is 3.37. The summed E-state index contributed by atoms with van der Waals surface area (Å²) in [7, 11) is 3.93. The molecule has 0 fully saturated rings. The lowest BCUT2D eigenvalue weighted by Gasteiger charge is -2.16. The van der Waals surface area contributed by atoms with Gasteiger partial charge in [0.25, 0.3) is 0 Å². The van der Waals surface area contributed by atoms with Crippen LogP contribution in [0, 0.1) is 0 Å². The highest BCUT2D eigenvalue weighted by Crippen LogP contribution is 2.31. The number of carbonyl (C=O) groups is 1. The molecule has 0 atom stereocenters. The van der Waals surface area contributed by atoms with E-state index in [1.165, 1.54) is 6.08 Å². The van der Waals surface area contributed by atoms with E-state index in [0.29, 0.717) is 45.7 Å². The summed E-state index contributed by atoms with van der Waals surface area (Å²) in [4.78, 5) is 27.5. The van der Waals surface area contributed by atoms with Gasteiger partial charge in [-0.3, -0.25) is 9.78 Å². The van der Waals surface area contributed by atoms with Crippen LogP contribution in [0.5, 0.6) is 5.75 Å². The number of nitrogens with zero attached hydrogens (tertiary/aromatic N) is 4. The molecule has 4 aromatic rings. The molecule has 0 bridgehead atoms. The minimum Gasteiger partial charge on any atom is -0.490 e. The third-order valence-corrected chi connectivity index (χ3v) is 5.33. The summed E-state index contributed by atoms with van der Waals surface area (Å²) in [5.41, 5.74) is 4.38. The number of likely N-dealkylation sites (N-methyl/N-ethyl adjacent to an activating group) is 1. The van der Waals surface area contributed by atoms with Gasteiger partial charge in [0.05, 0.1) is 11.9 Å². The van der Waals surface area contributed by atoms with Crippen molar-refractivity contribution in [2.24, 2.45) is 0 Å². The first kappa shape index (κ1) is 24.1. The molecule has 0 spiro atoms. The van der Waals surface area contributed by atoms with Crippen molar-refractivity contribution in [1.29, 1.82) is 0 Å². The zero-order valence-corrected chi connectivity index (χ0v) is 20.2. The molecule has 1 amide bonds. The van der Waals surface area contributed by atoms with Crippen LogP contribution in [-0.2, 0) is 4.79 Å². The number of pyridine rings is 1. The van der Waals surface area contributed by atoms with Gasteiger partial charge in [0.1, 0.15) is 23.4 Å². The number of amides is 1. The van der Waals surface area contributed by atoms with Gasteiger partial charge in [0.2, 0.25) is 11.9 Å². The van der Waals surface area contributed by atoms with Crippen LogP contribution in [0.4, 0.5) is 17.3 Å². The van der Waals surface area contributed by atoms with Gasteiger partial charge in [-0.25, -0.2) is 9.97 Å². The largest absolute Gasteiger partial charge is 0.490 e. The van der Waals surface area contributed by atoms with Crippen LogP contribution in [0.25, 0.3) is 22.2 Å². The number of ether oxygens (including phenoxy) is 1. The predicted molar refractivity (Wildman–Crippen MR) is 140 cm³/mol. The Kier molecular flexibility index (Phi) is 7.54. The van der Waals surface area contributed by atoms with Gasteiger partial charge >= 0.3 is 0 Å². The Bertz CT molecular complexity index is 1380. The first-order valence-electron chi connectivity index (χ1n) is 10.9. The Morgan fingerprint density at radius 2 is 2.03 bits per heavy atom. The van der Waals surface area contributed by atoms with Crippen LogP contribution in [0.1, 0.15) is 0 Å². The molecule has 8 nitrogen and oxygen atoms in total. The van der Waals surface area contributed by atoms with Crippen LogP contribution in [0.2, 0.25) is 5.02 Å². The van der Waals surface area contributed by atoms with Crippen LogP contribution in [0.15, 0.2) is 73.6 Å². The molecular formula is C26H25ClN6O2. The molecule has 0 saturated carbocycles. The second kappa shape index (κ2) is 10.9. The molecule has 0 aliphatic carbocycles. The number of rotatable bonds is 9. The maximum atomic E-state index is 12.0. The van der Waals surface area contributed by atoms with Crippen molar-refractivity contribution in [3.8, 4) is 16.9 Å². The number of halogens is 1.